The Morgan fingerprint density at radius 2 is 0.943 bits per heavy atom. The van der Waals surface area contributed by atoms with Crippen LogP contribution in [0.2, 0.25) is 0 Å². The summed E-state index contributed by atoms with van der Waals surface area (Å²) in [5.74, 6) is -0.400. The molecule has 3 atom stereocenters. The average Bonchev–Trinajstić information content (AvgIpc) is 3.15. The molecule has 53 heavy (non-hydrogen) atoms. The second-order valence-corrected chi connectivity index (χ2v) is 16.6. The Labute approximate surface area is 326 Å². The summed E-state index contributed by atoms with van der Waals surface area (Å²) in [6.07, 6.45) is 41.2. The maximum absolute atomic E-state index is 12.6. The molecule has 0 saturated carbocycles. The first-order valence-electron chi connectivity index (χ1n) is 22.2. The fourth-order valence-electron chi connectivity index (χ4n) is 6.38. The van der Waals surface area contributed by atoms with Crippen LogP contribution >= 0.6 is 7.82 Å². The van der Waals surface area contributed by atoms with E-state index >= 15 is 0 Å². The number of unbranched alkanes of at least 4 members (excludes halogenated alkanes) is 29. The van der Waals surface area contributed by atoms with Gasteiger partial charge in [0.2, 0.25) is 0 Å². The molecule has 1 unspecified atom stereocenters. The fraction of sp³-hybridized carbons (Fsp3) is 0.930. The molecule has 0 aliphatic heterocycles. The number of phosphoric acid groups is 1. The molecule has 0 spiro atoms. The second kappa shape index (κ2) is 40.7. The van der Waals surface area contributed by atoms with Crippen molar-refractivity contribution in [3.63, 3.8) is 0 Å². The number of aliphatic hydroxyl groups excluding tert-OH is 2. The van der Waals surface area contributed by atoms with Gasteiger partial charge in [0.15, 0.2) is 6.10 Å². The molecular weight excluding hydrogens is 691 g/mol. The third-order valence-electron chi connectivity index (χ3n) is 9.80. The highest BCUT2D eigenvalue weighted by molar-refractivity contribution is 7.47. The summed E-state index contributed by atoms with van der Waals surface area (Å²) in [5.41, 5.74) is 0. The predicted molar refractivity (Wildman–Crippen MR) is 219 cm³/mol. The smallest absolute Gasteiger partial charge is 0.472 e. The van der Waals surface area contributed by atoms with Gasteiger partial charge in [-0.05, 0) is 25.3 Å². The van der Waals surface area contributed by atoms with Crippen LogP contribution in [-0.2, 0) is 27.9 Å². The molecule has 0 aliphatic rings. The highest BCUT2D eigenvalue weighted by Gasteiger charge is 2.26. The summed E-state index contributed by atoms with van der Waals surface area (Å²) >= 11 is 0. The normalized spacial score (nSPS) is 14.1. The van der Waals surface area contributed by atoms with E-state index in [2.05, 4.69) is 13.8 Å². The van der Waals surface area contributed by atoms with Crippen molar-refractivity contribution in [1.82, 2.24) is 0 Å². The number of carbonyl (C=O) groups excluding carboxylic acids is 1. The fourth-order valence-corrected chi connectivity index (χ4v) is 7.17. The molecule has 0 rings (SSSR count). The SMILES string of the molecule is CCCCCCCCCCCCCCCCCC/C=C\OC[C@H](COP(=O)(O)OC[C@@H](O)CO)OC(=O)CCCCCCCCCCCCCCCC. The molecule has 316 valence electrons. The van der Waals surface area contributed by atoms with Crippen LogP contribution in [0.25, 0.3) is 0 Å². The van der Waals surface area contributed by atoms with E-state index in [1.807, 2.05) is 6.08 Å². The average molecular weight is 777 g/mol. The zero-order valence-electron chi connectivity index (χ0n) is 34.5. The van der Waals surface area contributed by atoms with E-state index in [0.717, 1.165) is 32.1 Å². The van der Waals surface area contributed by atoms with Crippen molar-refractivity contribution in [3.8, 4) is 0 Å². The number of aliphatic hydroxyl groups is 2. The molecule has 0 aromatic rings. The minimum absolute atomic E-state index is 0.0286. The minimum Gasteiger partial charge on any atom is -0.498 e. The van der Waals surface area contributed by atoms with Gasteiger partial charge >= 0.3 is 13.8 Å². The van der Waals surface area contributed by atoms with Gasteiger partial charge in [0.05, 0.1) is 26.1 Å². The van der Waals surface area contributed by atoms with Crippen LogP contribution in [0.3, 0.4) is 0 Å². The van der Waals surface area contributed by atoms with Crippen molar-refractivity contribution in [1.29, 1.82) is 0 Å². The van der Waals surface area contributed by atoms with Gasteiger partial charge in [-0.15, -0.1) is 0 Å². The summed E-state index contributed by atoms with van der Waals surface area (Å²) in [5, 5.41) is 18.3. The number of hydrogen-bond donors (Lipinski definition) is 3. The molecule has 0 aliphatic carbocycles. The van der Waals surface area contributed by atoms with E-state index < -0.39 is 45.8 Å². The minimum atomic E-state index is -4.53. The van der Waals surface area contributed by atoms with Crippen LogP contribution in [-0.4, -0.2) is 59.7 Å². The Balaban J connectivity index is 4.16. The van der Waals surface area contributed by atoms with E-state index in [9.17, 15) is 19.4 Å². The Kier molecular flexibility index (Phi) is 40.0. The summed E-state index contributed by atoms with van der Waals surface area (Å²) in [7, 11) is -4.53. The van der Waals surface area contributed by atoms with E-state index in [4.69, 9.17) is 23.6 Å². The van der Waals surface area contributed by atoms with Gasteiger partial charge in [-0.2, -0.15) is 0 Å². The molecule has 0 aromatic heterocycles. The van der Waals surface area contributed by atoms with Crippen molar-refractivity contribution >= 4 is 13.8 Å². The van der Waals surface area contributed by atoms with Crippen molar-refractivity contribution in [3.05, 3.63) is 12.3 Å². The van der Waals surface area contributed by atoms with Crippen molar-refractivity contribution < 1.29 is 43.0 Å². The van der Waals surface area contributed by atoms with Crippen molar-refractivity contribution in [2.24, 2.45) is 0 Å². The van der Waals surface area contributed by atoms with E-state index in [-0.39, 0.29) is 13.0 Å². The molecule has 0 radical (unpaired) electrons. The van der Waals surface area contributed by atoms with Gasteiger partial charge in [-0.3, -0.25) is 13.8 Å². The number of rotatable bonds is 43. The summed E-state index contributed by atoms with van der Waals surface area (Å²) in [4.78, 5) is 22.5. The molecule has 3 N–H and O–H groups in total. The van der Waals surface area contributed by atoms with Crippen molar-refractivity contribution in [2.45, 2.75) is 232 Å². The van der Waals surface area contributed by atoms with Crippen LogP contribution in [0, 0.1) is 0 Å². The topological polar surface area (TPSA) is 132 Å². The lowest BCUT2D eigenvalue weighted by Gasteiger charge is -2.20. The number of esters is 1. The van der Waals surface area contributed by atoms with Gasteiger partial charge in [-0.25, -0.2) is 4.57 Å². The third-order valence-corrected chi connectivity index (χ3v) is 10.7. The van der Waals surface area contributed by atoms with Crippen molar-refractivity contribution in [2.75, 3.05) is 26.4 Å². The standard InChI is InChI=1S/C43H85O9P/c1-3-5-7-9-11-13-15-17-19-20-21-22-24-26-28-30-32-34-36-49-39-42(40-51-53(47,48)50-38-41(45)37-44)52-43(46)35-33-31-29-27-25-23-18-16-14-12-10-8-6-4-2/h34,36,41-42,44-45H,3-33,35,37-40H2,1-2H3,(H,47,48)/b36-34-/t41-,42+/m0/s1. The lowest BCUT2D eigenvalue weighted by Crippen LogP contribution is -2.28. The molecule has 0 bridgehead atoms. The van der Waals surface area contributed by atoms with Crippen LogP contribution < -0.4 is 0 Å². The quantitative estimate of drug-likeness (QED) is 0.0240. The number of allylic oxidation sites excluding steroid dienone is 1. The zero-order valence-corrected chi connectivity index (χ0v) is 35.4. The van der Waals surface area contributed by atoms with Crippen LogP contribution in [0.1, 0.15) is 219 Å². The Bertz CT molecular complexity index is 841. The Morgan fingerprint density at radius 1 is 0.566 bits per heavy atom. The first kappa shape index (κ1) is 52.0. The Hall–Kier alpha value is -0.960. The predicted octanol–water partition coefficient (Wildman–Crippen LogP) is 12.4. The van der Waals surface area contributed by atoms with Gasteiger partial charge < -0.3 is 24.6 Å². The largest absolute Gasteiger partial charge is 0.498 e. The van der Waals surface area contributed by atoms with Gasteiger partial charge in [-0.1, -0.05) is 194 Å². The second-order valence-electron chi connectivity index (χ2n) is 15.2. The number of carbonyl (C=O) groups is 1. The van der Waals surface area contributed by atoms with Gasteiger partial charge in [0.25, 0.3) is 0 Å². The van der Waals surface area contributed by atoms with E-state index in [1.54, 1.807) is 6.26 Å². The first-order chi connectivity index (χ1) is 25.8. The highest BCUT2D eigenvalue weighted by Crippen LogP contribution is 2.43. The maximum Gasteiger partial charge on any atom is 0.472 e. The molecule has 0 heterocycles. The van der Waals surface area contributed by atoms with Crippen LogP contribution in [0.4, 0.5) is 0 Å². The van der Waals surface area contributed by atoms with E-state index in [1.165, 1.54) is 167 Å². The van der Waals surface area contributed by atoms with Gasteiger partial charge in [0.1, 0.15) is 12.7 Å². The van der Waals surface area contributed by atoms with E-state index in [0.29, 0.717) is 0 Å². The lowest BCUT2D eigenvalue weighted by molar-refractivity contribution is -0.153. The third kappa shape index (κ3) is 40.5. The Morgan fingerprint density at radius 3 is 1.36 bits per heavy atom. The number of hydrogen-bond acceptors (Lipinski definition) is 8. The summed E-state index contributed by atoms with van der Waals surface area (Å²) in [6.45, 7) is 2.92. The highest BCUT2D eigenvalue weighted by atomic mass is 31.2. The molecule has 10 heteroatoms. The summed E-state index contributed by atoms with van der Waals surface area (Å²) in [6, 6.07) is 0. The molecule has 9 nitrogen and oxygen atoms in total. The zero-order chi connectivity index (χ0) is 38.9. The molecule has 0 amide bonds. The first-order valence-corrected chi connectivity index (χ1v) is 23.7. The molecule has 0 fully saturated rings. The lowest BCUT2D eigenvalue weighted by atomic mass is 10.0. The maximum atomic E-state index is 12.6. The molecular formula is C43H85O9P. The van der Waals surface area contributed by atoms with Crippen LogP contribution in [0.15, 0.2) is 12.3 Å². The molecule has 0 saturated heterocycles. The number of phosphoric ester groups is 1. The summed E-state index contributed by atoms with van der Waals surface area (Å²) < 4.78 is 33.1. The number of ether oxygens (including phenoxy) is 2. The monoisotopic (exact) mass is 777 g/mol. The molecule has 0 aromatic carbocycles. The van der Waals surface area contributed by atoms with Gasteiger partial charge in [0, 0.05) is 6.42 Å². The van der Waals surface area contributed by atoms with Crippen LogP contribution in [0.5, 0.6) is 0 Å².